The van der Waals surface area contributed by atoms with Crippen molar-refractivity contribution in [2.45, 2.75) is 36.8 Å². The monoisotopic (exact) mass is 312 g/mol. The molecule has 1 aliphatic rings. The van der Waals surface area contributed by atoms with Gasteiger partial charge in [0.1, 0.15) is 6.04 Å². The molecule has 8 heteroatoms. The number of amides is 2. The van der Waals surface area contributed by atoms with E-state index in [1.165, 1.54) is 6.33 Å². The van der Waals surface area contributed by atoms with Crippen molar-refractivity contribution in [2.24, 2.45) is 0 Å². The molecule has 0 aliphatic carbocycles. The van der Waals surface area contributed by atoms with E-state index in [2.05, 4.69) is 29.1 Å². The average molecular weight is 312 g/mol. The Morgan fingerprint density at radius 1 is 1.52 bits per heavy atom. The lowest BCUT2D eigenvalue weighted by Crippen LogP contribution is -2.53. The van der Waals surface area contributed by atoms with Crippen molar-refractivity contribution in [2.75, 3.05) is 13.1 Å². The van der Waals surface area contributed by atoms with Crippen molar-refractivity contribution in [3.63, 3.8) is 0 Å². The highest BCUT2D eigenvalue weighted by molar-refractivity contribution is 8.00. The molecule has 2 unspecified atom stereocenters. The molecular formula is C13H20N4O3S. The second-order valence-electron chi connectivity index (χ2n) is 5.28. The summed E-state index contributed by atoms with van der Waals surface area (Å²) in [7, 11) is 0. The number of aromatic nitrogens is 2. The van der Waals surface area contributed by atoms with Gasteiger partial charge in [0.2, 0.25) is 0 Å². The van der Waals surface area contributed by atoms with Crippen LogP contribution in [0.5, 0.6) is 0 Å². The predicted octanol–water partition coefficient (Wildman–Crippen LogP) is 0.941. The largest absolute Gasteiger partial charge is 0.480 e. The standard InChI is InChI=1S/C13H20N4O3S/c1-8-5-17(6-9(2)21-8)13(20)16-11(12(18)19)3-10-4-14-7-15-10/h4,7-9,11H,3,5-6H2,1-2H3,(H,14,15)(H,16,20)(H,18,19)/t8?,9?,11-/m0/s1. The topological polar surface area (TPSA) is 98.3 Å². The molecule has 1 aromatic rings. The van der Waals surface area contributed by atoms with Crippen LogP contribution in [0.1, 0.15) is 19.5 Å². The van der Waals surface area contributed by atoms with E-state index in [0.717, 1.165) is 0 Å². The first-order valence-corrected chi connectivity index (χ1v) is 7.81. The maximum absolute atomic E-state index is 12.2. The Kier molecular flexibility index (Phi) is 5.11. The fourth-order valence-corrected chi connectivity index (χ4v) is 3.73. The number of carboxylic acids is 1. The first-order chi connectivity index (χ1) is 9.95. The molecule has 2 amide bonds. The molecule has 0 aromatic carbocycles. The zero-order chi connectivity index (χ0) is 15.4. The number of thioether (sulfide) groups is 1. The molecule has 3 atom stereocenters. The second kappa shape index (κ2) is 6.84. The van der Waals surface area contributed by atoms with Gasteiger partial charge >= 0.3 is 12.0 Å². The number of aliphatic carboxylic acids is 1. The number of H-pyrrole nitrogens is 1. The molecule has 2 heterocycles. The number of carbonyl (C=O) groups is 2. The number of urea groups is 1. The normalized spacial score (nSPS) is 23.6. The third-order valence-electron chi connectivity index (χ3n) is 3.28. The molecule has 0 saturated carbocycles. The number of hydrogen-bond acceptors (Lipinski definition) is 4. The van der Waals surface area contributed by atoms with Gasteiger partial charge in [-0.1, -0.05) is 13.8 Å². The molecule has 1 aliphatic heterocycles. The summed E-state index contributed by atoms with van der Waals surface area (Å²) in [4.78, 5) is 31.9. The van der Waals surface area contributed by atoms with Gasteiger partial charge in [0.15, 0.2) is 0 Å². The van der Waals surface area contributed by atoms with E-state index in [0.29, 0.717) is 29.3 Å². The fourth-order valence-electron chi connectivity index (χ4n) is 2.40. The van der Waals surface area contributed by atoms with Crippen LogP contribution in [0.3, 0.4) is 0 Å². The van der Waals surface area contributed by atoms with Gasteiger partial charge in [0, 0.05) is 41.9 Å². The average Bonchev–Trinajstić information content (AvgIpc) is 2.89. The Morgan fingerprint density at radius 3 is 2.71 bits per heavy atom. The lowest BCUT2D eigenvalue weighted by atomic mass is 10.1. The Hall–Kier alpha value is -1.70. The highest BCUT2D eigenvalue weighted by Gasteiger charge is 2.29. The maximum atomic E-state index is 12.2. The summed E-state index contributed by atoms with van der Waals surface area (Å²) in [6.07, 6.45) is 3.24. The Balaban J connectivity index is 1.96. The molecule has 1 aromatic heterocycles. The van der Waals surface area contributed by atoms with E-state index in [9.17, 15) is 14.7 Å². The van der Waals surface area contributed by atoms with Crippen LogP contribution >= 0.6 is 11.8 Å². The van der Waals surface area contributed by atoms with Crippen LogP contribution in [-0.4, -0.2) is 61.6 Å². The van der Waals surface area contributed by atoms with E-state index in [-0.39, 0.29) is 12.5 Å². The number of rotatable bonds is 4. The summed E-state index contributed by atoms with van der Waals surface area (Å²) in [5.41, 5.74) is 0.679. The quantitative estimate of drug-likeness (QED) is 0.768. The maximum Gasteiger partial charge on any atom is 0.326 e. The molecule has 21 heavy (non-hydrogen) atoms. The van der Waals surface area contributed by atoms with Gasteiger partial charge in [-0.3, -0.25) is 0 Å². The van der Waals surface area contributed by atoms with Crippen LogP contribution in [-0.2, 0) is 11.2 Å². The van der Waals surface area contributed by atoms with Crippen LogP contribution in [0.2, 0.25) is 0 Å². The summed E-state index contributed by atoms with van der Waals surface area (Å²) in [5, 5.41) is 12.6. The van der Waals surface area contributed by atoms with E-state index < -0.39 is 12.0 Å². The van der Waals surface area contributed by atoms with Crippen molar-refractivity contribution in [1.82, 2.24) is 20.2 Å². The highest BCUT2D eigenvalue weighted by atomic mass is 32.2. The molecule has 7 nitrogen and oxygen atoms in total. The first-order valence-electron chi connectivity index (χ1n) is 6.86. The van der Waals surface area contributed by atoms with Gasteiger partial charge in [0.05, 0.1) is 6.33 Å². The van der Waals surface area contributed by atoms with Crippen LogP contribution < -0.4 is 5.32 Å². The number of carbonyl (C=O) groups excluding carboxylic acids is 1. The minimum Gasteiger partial charge on any atom is -0.480 e. The van der Waals surface area contributed by atoms with E-state index in [4.69, 9.17) is 0 Å². The summed E-state index contributed by atoms with van der Waals surface area (Å²) >= 11 is 1.84. The predicted molar refractivity (Wildman–Crippen MR) is 80.3 cm³/mol. The molecule has 0 bridgehead atoms. The van der Waals surface area contributed by atoms with Gasteiger partial charge in [0.25, 0.3) is 0 Å². The van der Waals surface area contributed by atoms with Crippen molar-refractivity contribution in [1.29, 1.82) is 0 Å². The van der Waals surface area contributed by atoms with E-state index >= 15 is 0 Å². The molecule has 0 spiro atoms. The minimum absolute atomic E-state index is 0.189. The van der Waals surface area contributed by atoms with E-state index in [1.54, 1.807) is 11.1 Å². The lowest BCUT2D eigenvalue weighted by molar-refractivity contribution is -0.139. The molecule has 3 N–H and O–H groups in total. The van der Waals surface area contributed by atoms with Crippen LogP contribution in [0.4, 0.5) is 4.79 Å². The first kappa shape index (κ1) is 15.7. The summed E-state index contributed by atoms with van der Waals surface area (Å²) in [5.74, 6) is -1.05. The van der Waals surface area contributed by atoms with Crippen LogP contribution in [0.15, 0.2) is 12.5 Å². The summed E-state index contributed by atoms with van der Waals surface area (Å²) < 4.78 is 0. The van der Waals surface area contributed by atoms with Crippen LogP contribution in [0.25, 0.3) is 0 Å². The lowest BCUT2D eigenvalue weighted by Gasteiger charge is -2.35. The van der Waals surface area contributed by atoms with Gasteiger partial charge < -0.3 is 20.3 Å². The van der Waals surface area contributed by atoms with Gasteiger partial charge in [-0.15, -0.1) is 0 Å². The molecule has 1 saturated heterocycles. The third kappa shape index (κ3) is 4.38. The third-order valence-corrected chi connectivity index (χ3v) is 4.51. The minimum atomic E-state index is -1.05. The van der Waals surface area contributed by atoms with Crippen molar-refractivity contribution in [3.05, 3.63) is 18.2 Å². The van der Waals surface area contributed by atoms with Crippen molar-refractivity contribution < 1.29 is 14.7 Å². The highest BCUT2D eigenvalue weighted by Crippen LogP contribution is 2.24. The van der Waals surface area contributed by atoms with Gasteiger partial charge in [-0.25, -0.2) is 14.6 Å². The fraction of sp³-hybridized carbons (Fsp3) is 0.615. The Labute approximate surface area is 127 Å². The smallest absolute Gasteiger partial charge is 0.326 e. The molecule has 2 rings (SSSR count). The number of carboxylic acid groups (broad SMARTS) is 1. The molecule has 1 fully saturated rings. The number of hydrogen-bond donors (Lipinski definition) is 3. The van der Waals surface area contributed by atoms with Gasteiger partial charge in [-0.2, -0.15) is 11.8 Å². The number of imidazole rings is 1. The SMILES string of the molecule is CC1CN(C(=O)N[C@@H](Cc2cnc[nH]2)C(=O)O)CC(C)S1. The number of aromatic amines is 1. The molecule has 116 valence electrons. The zero-order valence-corrected chi connectivity index (χ0v) is 12.9. The summed E-state index contributed by atoms with van der Waals surface area (Å²) in [6, 6.07) is -1.28. The van der Waals surface area contributed by atoms with Crippen molar-refractivity contribution in [3.8, 4) is 0 Å². The van der Waals surface area contributed by atoms with Crippen molar-refractivity contribution >= 4 is 23.8 Å². The summed E-state index contributed by atoms with van der Waals surface area (Å²) in [6.45, 7) is 5.41. The Bertz CT molecular complexity index is 484. The molecular weight excluding hydrogens is 292 g/mol. The van der Waals surface area contributed by atoms with E-state index in [1.807, 2.05) is 11.8 Å². The Morgan fingerprint density at radius 2 is 2.19 bits per heavy atom. The number of nitrogens with one attached hydrogen (secondary N) is 2. The van der Waals surface area contributed by atoms with Gasteiger partial charge in [-0.05, 0) is 0 Å². The number of nitrogens with zero attached hydrogens (tertiary/aromatic N) is 2. The second-order valence-corrected chi connectivity index (χ2v) is 7.17. The van der Waals surface area contributed by atoms with Crippen LogP contribution in [0, 0.1) is 0 Å². The zero-order valence-electron chi connectivity index (χ0n) is 12.1. The molecule has 0 radical (unpaired) electrons.